The Labute approximate surface area is 133 Å². The molecular formula is C17H18FN3O2. The van der Waals surface area contributed by atoms with E-state index in [0.29, 0.717) is 18.8 Å². The highest BCUT2D eigenvalue weighted by Gasteiger charge is 2.06. The molecule has 2 aromatic heterocycles. The Morgan fingerprint density at radius 1 is 1.22 bits per heavy atom. The molecule has 6 heteroatoms. The molecule has 0 aliphatic carbocycles. The van der Waals surface area contributed by atoms with Crippen molar-refractivity contribution < 1.29 is 14.2 Å². The van der Waals surface area contributed by atoms with Crippen LogP contribution in [0.1, 0.15) is 5.69 Å². The highest BCUT2D eigenvalue weighted by Crippen LogP contribution is 2.11. The molecule has 0 aliphatic rings. The van der Waals surface area contributed by atoms with E-state index in [0.717, 1.165) is 11.3 Å². The number of ether oxygens (including phenoxy) is 1. The summed E-state index contributed by atoms with van der Waals surface area (Å²) in [7, 11) is 0. The molecule has 1 unspecified atom stereocenters. The van der Waals surface area contributed by atoms with Crippen LogP contribution >= 0.6 is 0 Å². The van der Waals surface area contributed by atoms with Crippen molar-refractivity contribution >= 4 is 5.65 Å². The minimum atomic E-state index is -0.655. The van der Waals surface area contributed by atoms with Crippen molar-refractivity contribution in [3.05, 3.63) is 66.4 Å². The van der Waals surface area contributed by atoms with E-state index in [9.17, 15) is 9.50 Å². The maximum absolute atomic E-state index is 12.8. The number of rotatable bonds is 7. The van der Waals surface area contributed by atoms with Crippen molar-refractivity contribution in [1.82, 2.24) is 14.7 Å². The summed E-state index contributed by atoms with van der Waals surface area (Å²) in [4.78, 5) is 4.46. The van der Waals surface area contributed by atoms with Gasteiger partial charge in [0.25, 0.3) is 0 Å². The average molecular weight is 315 g/mol. The van der Waals surface area contributed by atoms with Crippen LogP contribution in [0.15, 0.2) is 54.9 Å². The first kappa shape index (κ1) is 15.5. The number of pyridine rings is 1. The maximum Gasteiger partial charge on any atom is 0.137 e. The SMILES string of the molecule is OC(CNCc1cn2ccccc2n1)COc1ccc(F)cc1. The summed E-state index contributed by atoms with van der Waals surface area (Å²) in [5.74, 6) is 0.220. The van der Waals surface area contributed by atoms with E-state index in [-0.39, 0.29) is 12.4 Å². The number of aliphatic hydroxyl groups excluding tert-OH is 1. The Kier molecular flexibility index (Phi) is 4.85. The quantitative estimate of drug-likeness (QED) is 0.700. The first-order chi connectivity index (χ1) is 11.2. The molecule has 23 heavy (non-hydrogen) atoms. The Bertz CT molecular complexity index is 725. The number of nitrogens with zero attached hydrogens (tertiary/aromatic N) is 2. The molecule has 3 aromatic rings. The van der Waals surface area contributed by atoms with Crippen LogP contribution in [0.25, 0.3) is 5.65 Å². The van der Waals surface area contributed by atoms with Crippen molar-refractivity contribution in [2.24, 2.45) is 0 Å². The van der Waals surface area contributed by atoms with Gasteiger partial charge in [0, 0.05) is 25.5 Å². The number of hydrogen-bond donors (Lipinski definition) is 2. The number of aromatic nitrogens is 2. The standard InChI is InChI=1S/C17H18FN3O2/c18-13-4-6-16(7-5-13)23-12-15(22)10-19-9-14-11-21-8-2-1-3-17(21)20-14/h1-8,11,15,19,22H,9-10,12H2. The third-order valence-electron chi connectivity index (χ3n) is 3.36. The summed E-state index contributed by atoms with van der Waals surface area (Å²) in [5.41, 5.74) is 1.80. The van der Waals surface area contributed by atoms with Gasteiger partial charge in [-0.2, -0.15) is 0 Å². The van der Waals surface area contributed by atoms with E-state index >= 15 is 0 Å². The van der Waals surface area contributed by atoms with E-state index < -0.39 is 6.10 Å². The molecule has 1 aromatic carbocycles. The number of fused-ring (bicyclic) bond motifs is 1. The number of nitrogens with one attached hydrogen (secondary N) is 1. The molecule has 120 valence electrons. The van der Waals surface area contributed by atoms with Gasteiger partial charge in [-0.1, -0.05) is 6.07 Å². The highest BCUT2D eigenvalue weighted by atomic mass is 19.1. The van der Waals surface area contributed by atoms with Gasteiger partial charge in [0.1, 0.15) is 29.9 Å². The minimum absolute atomic E-state index is 0.143. The fourth-order valence-corrected chi connectivity index (χ4v) is 2.22. The molecule has 3 rings (SSSR count). The van der Waals surface area contributed by atoms with E-state index in [1.165, 1.54) is 24.3 Å². The van der Waals surface area contributed by atoms with Crippen LogP contribution in [0.4, 0.5) is 4.39 Å². The summed E-state index contributed by atoms with van der Waals surface area (Å²) in [6, 6.07) is 11.5. The Morgan fingerprint density at radius 2 is 2.04 bits per heavy atom. The molecule has 0 spiro atoms. The minimum Gasteiger partial charge on any atom is -0.491 e. The molecule has 0 saturated carbocycles. The summed E-state index contributed by atoms with van der Waals surface area (Å²) in [6.45, 7) is 1.09. The fraction of sp³-hybridized carbons (Fsp3) is 0.235. The summed E-state index contributed by atoms with van der Waals surface area (Å²) < 4.78 is 20.1. The second kappa shape index (κ2) is 7.21. The van der Waals surface area contributed by atoms with Gasteiger partial charge in [0.05, 0.1) is 5.69 Å². The lowest BCUT2D eigenvalue weighted by Gasteiger charge is -2.12. The van der Waals surface area contributed by atoms with Crippen LogP contribution in [0.3, 0.4) is 0 Å². The molecule has 5 nitrogen and oxygen atoms in total. The third kappa shape index (κ3) is 4.28. The van der Waals surface area contributed by atoms with E-state index in [1.807, 2.05) is 35.0 Å². The van der Waals surface area contributed by atoms with E-state index in [4.69, 9.17) is 4.74 Å². The molecule has 0 amide bonds. The maximum atomic E-state index is 12.8. The zero-order chi connectivity index (χ0) is 16.1. The van der Waals surface area contributed by atoms with Crippen LogP contribution < -0.4 is 10.1 Å². The smallest absolute Gasteiger partial charge is 0.137 e. The number of benzene rings is 1. The van der Waals surface area contributed by atoms with Gasteiger partial charge in [-0.15, -0.1) is 0 Å². The average Bonchev–Trinajstić information content (AvgIpc) is 2.97. The van der Waals surface area contributed by atoms with Gasteiger partial charge in [0.2, 0.25) is 0 Å². The molecule has 2 N–H and O–H groups in total. The van der Waals surface area contributed by atoms with Crippen molar-refractivity contribution in [1.29, 1.82) is 0 Å². The summed E-state index contributed by atoms with van der Waals surface area (Å²) in [5, 5.41) is 13.0. The largest absolute Gasteiger partial charge is 0.491 e. The van der Waals surface area contributed by atoms with E-state index in [2.05, 4.69) is 10.3 Å². The lowest BCUT2D eigenvalue weighted by molar-refractivity contribution is 0.106. The molecule has 0 aliphatic heterocycles. The molecule has 0 bridgehead atoms. The molecule has 0 fully saturated rings. The number of imidazole rings is 1. The first-order valence-electron chi connectivity index (χ1n) is 7.40. The third-order valence-corrected chi connectivity index (χ3v) is 3.36. The molecule has 2 heterocycles. The Morgan fingerprint density at radius 3 is 2.83 bits per heavy atom. The molecule has 1 atom stereocenters. The summed E-state index contributed by atoms with van der Waals surface area (Å²) in [6.07, 6.45) is 3.23. The van der Waals surface area contributed by atoms with Gasteiger partial charge in [-0.3, -0.25) is 0 Å². The summed E-state index contributed by atoms with van der Waals surface area (Å²) >= 11 is 0. The van der Waals surface area contributed by atoms with Crippen LogP contribution in [0.5, 0.6) is 5.75 Å². The van der Waals surface area contributed by atoms with Gasteiger partial charge < -0.3 is 19.6 Å². The van der Waals surface area contributed by atoms with Gasteiger partial charge in [-0.25, -0.2) is 9.37 Å². The first-order valence-corrected chi connectivity index (χ1v) is 7.40. The number of aliphatic hydroxyl groups is 1. The predicted molar refractivity (Wildman–Crippen MR) is 84.8 cm³/mol. The van der Waals surface area contributed by atoms with Crippen LogP contribution in [0, 0.1) is 5.82 Å². The van der Waals surface area contributed by atoms with Crippen molar-refractivity contribution in [2.45, 2.75) is 12.6 Å². The lowest BCUT2D eigenvalue weighted by Crippen LogP contribution is -2.31. The van der Waals surface area contributed by atoms with Crippen LogP contribution in [0.2, 0.25) is 0 Å². The van der Waals surface area contributed by atoms with Gasteiger partial charge in [0.15, 0.2) is 0 Å². The number of halogens is 1. The van der Waals surface area contributed by atoms with Crippen molar-refractivity contribution in [3.8, 4) is 5.75 Å². The molecule has 0 saturated heterocycles. The van der Waals surface area contributed by atoms with Crippen molar-refractivity contribution in [3.63, 3.8) is 0 Å². The monoisotopic (exact) mass is 315 g/mol. The highest BCUT2D eigenvalue weighted by molar-refractivity contribution is 5.39. The van der Waals surface area contributed by atoms with Crippen LogP contribution in [-0.4, -0.2) is 33.7 Å². The van der Waals surface area contributed by atoms with E-state index in [1.54, 1.807) is 0 Å². The molecule has 0 radical (unpaired) electrons. The van der Waals surface area contributed by atoms with Crippen LogP contribution in [-0.2, 0) is 6.54 Å². The second-order valence-corrected chi connectivity index (χ2v) is 5.25. The Balaban J connectivity index is 1.42. The predicted octanol–water partition coefficient (Wildman–Crippen LogP) is 2.00. The number of hydrogen-bond acceptors (Lipinski definition) is 4. The van der Waals surface area contributed by atoms with Gasteiger partial charge in [-0.05, 0) is 36.4 Å². The Hall–Kier alpha value is -2.44. The molecular weight excluding hydrogens is 297 g/mol. The fourth-order valence-electron chi connectivity index (χ4n) is 2.22. The second-order valence-electron chi connectivity index (χ2n) is 5.25. The topological polar surface area (TPSA) is 58.8 Å². The van der Waals surface area contributed by atoms with Crippen molar-refractivity contribution in [2.75, 3.05) is 13.2 Å². The van der Waals surface area contributed by atoms with Gasteiger partial charge >= 0.3 is 0 Å². The zero-order valence-corrected chi connectivity index (χ0v) is 12.5. The lowest BCUT2D eigenvalue weighted by atomic mass is 10.3. The normalized spacial score (nSPS) is 12.4. The zero-order valence-electron chi connectivity index (χ0n) is 12.5.